The van der Waals surface area contributed by atoms with Crippen LogP contribution in [0.2, 0.25) is 0 Å². The second-order valence-electron chi connectivity index (χ2n) is 6.27. The molecule has 19 heavy (non-hydrogen) atoms. The van der Waals surface area contributed by atoms with Crippen LogP contribution in [-0.4, -0.2) is 29.1 Å². The van der Waals surface area contributed by atoms with E-state index in [2.05, 4.69) is 25.8 Å². The average molecular weight is 263 g/mol. The topological polar surface area (TPSA) is 52.8 Å². The molecular formula is C16H25NO2. The van der Waals surface area contributed by atoms with Crippen LogP contribution in [0.4, 0.5) is 0 Å². The summed E-state index contributed by atoms with van der Waals surface area (Å²) in [4.78, 5) is 4.36. The molecule has 1 aromatic rings. The molecule has 0 radical (unpaired) electrons. The third kappa shape index (κ3) is 4.06. The van der Waals surface area contributed by atoms with E-state index in [0.717, 1.165) is 5.56 Å². The van der Waals surface area contributed by atoms with Gasteiger partial charge in [-0.2, -0.15) is 0 Å². The normalized spacial score (nSPS) is 14.3. The number of para-hydroxylation sites is 1. The van der Waals surface area contributed by atoms with Gasteiger partial charge in [-0.1, -0.05) is 46.8 Å². The van der Waals surface area contributed by atoms with Crippen LogP contribution in [0.25, 0.3) is 0 Å². The van der Waals surface area contributed by atoms with E-state index >= 15 is 0 Å². The Morgan fingerprint density at radius 1 is 1.26 bits per heavy atom. The lowest BCUT2D eigenvalue weighted by molar-refractivity contribution is 0.240. The van der Waals surface area contributed by atoms with Crippen LogP contribution in [0.5, 0.6) is 5.75 Å². The summed E-state index contributed by atoms with van der Waals surface area (Å²) < 4.78 is 0. The maximum Gasteiger partial charge on any atom is 0.128 e. The molecule has 0 aromatic heterocycles. The van der Waals surface area contributed by atoms with E-state index in [0.29, 0.717) is 5.56 Å². The third-order valence-electron chi connectivity index (χ3n) is 3.24. The SMILES string of the molecule is CC(C)[C@@H](CO)N=Cc1cccc(C(C)(C)C)c1O. The van der Waals surface area contributed by atoms with Crippen LogP contribution in [-0.2, 0) is 5.41 Å². The smallest absolute Gasteiger partial charge is 0.128 e. The molecule has 0 spiro atoms. The first kappa shape index (κ1) is 15.7. The van der Waals surface area contributed by atoms with Crippen molar-refractivity contribution in [3.63, 3.8) is 0 Å². The van der Waals surface area contributed by atoms with E-state index in [-0.39, 0.29) is 29.7 Å². The molecule has 0 saturated heterocycles. The van der Waals surface area contributed by atoms with Crippen LogP contribution >= 0.6 is 0 Å². The van der Waals surface area contributed by atoms with Crippen molar-refractivity contribution in [2.75, 3.05) is 6.61 Å². The minimum Gasteiger partial charge on any atom is -0.507 e. The van der Waals surface area contributed by atoms with Gasteiger partial charge in [-0.3, -0.25) is 4.99 Å². The molecule has 2 N–H and O–H groups in total. The molecule has 0 aliphatic rings. The minimum atomic E-state index is -0.127. The van der Waals surface area contributed by atoms with Crippen LogP contribution in [0, 0.1) is 5.92 Å². The van der Waals surface area contributed by atoms with E-state index in [1.165, 1.54) is 0 Å². The number of hydrogen-bond donors (Lipinski definition) is 2. The molecule has 106 valence electrons. The van der Waals surface area contributed by atoms with E-state index in [1.807, 2.05) is 32.0 Å². The minimum absolute atomic E-state index is 0.0217. The number of aliphatic hydroxyl groups is 1. The Hall–Kier alpha value is -1.35. The molecule has 3 nitrogen and oxygen atoms in total. The summed E-state index contributed by atoms with van der Waals surface area (Å²) in [6, 6.07) is 5.56. The largest absolute Gasteiger partial charge is 0.507 e. The highest BCUT2D eigenvalue weighted by atomic mass is 16.3. The van der Waals surface area contributed by atoms with Gasteiger partial charge in [-0.05, 0) is 23.0 Å². The number of rotatable bonds is 4. The van der Waals surface area contributed by atoms with Crippen LogP contribution < -0.4 is 0 Å². The fraction of sp³-hybridized carbons (Fsp3) is 0.562. The quantitative estimate of drug-likeness (QED) is 0.820. The van der Waals surface area contributed by atoms with Crippen molar-refractivity contribution in [1.82, 2.24) is 0 Å². The molecule has 0 unspecified atom stereocenters. The Morgan fingerprint density at radius 3 is 2.37 bits per heavy atom. The van der Waals surface area contributed by atoms with E-state index in [1.54, 1.807) is 6.21 Å². The number of aliphatic imine (C=N–C) groups is 1. The molecule has 0 heterocycles. The Balaban J connectivity index is 3.06. The van der Waals surface area contributed by atoms with Gasteiger partial charge in [0.2, 0.25) is 0 Å². The van der Waals surface area contributed by atoms with Gasteiger partial charge < -0.3 is 10.2 Å². The van der Waals surface area contributed by atoms with Gasteiger partial charge in [0.25, 0.3) is 0 Å². The van der Waals surface area contributed by atoms with Gasteiger partial charge in [0, 0.05) is 11.8 Å². The van der Waals surface area contributed by atoms with Gasteiger partial charge >= 0.3 is 0 Å². The van der Waals surface area contributed by atoms with E-state index < -0.39 is 0 Å². The zero-order valence-corrected chi connectivity index (χ0v) is 12.5. The van der Waals surface area contributed by atoms with Crippen LogP contribution in [0.15, 0.2) is 23.2 Å². The summed E-state index contributed by atoms with van der Waals surface area (Å²) in [6.45, 7) is 10.2. The summed E-state index contributed by atoms with van der Waals surface area (Å²) in [5.74, 6) is 0.549. The zero-order chi connectivity index (χ0) is 14.6. The number of hydrogen-bond acceptors (Lipinski definition) is 3. The predicted octanol–water partition coefficient (Wildman–Crippen LogP) is 3.13. The fourth-order valence-corrected chi connectivity index (χ4v) is 1.88. The van der Waals surface area contributed by atoms with Crippen molar-refractivity contribution in [2.45, 2.75) is 46.1 Å². The zero-order valence-electron chi connectivity index (χ0n) is 12.5. The van der Waals surface area contributed by atoms with Crippen molar-refractivity contribution in [2.24, 2.45) is 10.9 Å². The lowest BCUT2D eigenvalue weighted by Gasteiger charge is -2.21. The lowest BCUT2D eigenvalue weighted by Crippen LogP contribution is -2.18. The van der Waals surface area contributed by atoms with E-state index in [9.17, 15) is 10.2 Å². The second kappa shape index (κ2) is 6.20. The van der Waals surface area contributed by atoms with Crippen molar-refractivity contribution < 1.29 is 10.2 Å². The Kier molecular flexibility index (Phi) is 5.12. The molecule has 1 aromatic carbocycles. The van der Waals surface area contributed by atoms with Crippen molar-refractivity contribution in [3.05, 3.63) is 29.3 Å². The fourth-order valence-electron chi connectivity index (χ4n) is 1.88. The first-order valence-corrected chi connectivity index (χ1v) is 6.74. The number of nitrogens with zero attached hydrogens (tertiary/aromatic N) is 1. The summed E-state index contributed by atoms with van der Waals surface area (Å²) in [5, 5.41) is 19.5. The second-order valence-corrected chi connectivity index (χ2v) is 6.27. The molecule has 0 bridgehead atoms. The average Bonchev–Trinajstić information content (AvgIpc) is 2.29. The van der Waals surface area contributed by atoms with Crippen LogP contribution in [0.1, 0.15) is 45.7 Å². The highest BCUT2D eigenvalue weighted by molar-refractivity contribution is 5.84. The Bertz CT molecular complexity index is 445. The Labute approximate surface area is 116 Å². The summed E-state index contributed by atoms with van der Waals surface area (Å²) in [6.07, 6.45) is 1.66. The molecule has 0 aliphatic carbocycles. The lowest BCUT2D eigenvalue weighted by atomic mass is 9.85. The van der Waals surface area contributed by atoms with Crippen molar-refractivity contribution >= 4 is 6.21 Å². The molecule has 0 fully saturated rings. The van der Waals surface area contributed by atoms with Gasteiger partial charge in [0.15, 0.2) is 0 Å². The Morgan fingerprint density at radius 2 is 1.89 bits per heavy atom. The first-order chi connectivity index (χ1) is 8.77. The van der Waals surface area contributed by atoms with Gasteiger partial charge in [-0.25, -0.2) is 0 Å². The van der Waals surface area contributed by atoms with Gasteiger partial charge in [0.05, 0.1) is 12.6 Å². The van der Waals surface area contributed by atoms with Crippen molar-refractivity contribution in [1.29, 1.82) is 0 Å². The maximum atomic E-state index is 10.3. The molecule has 0 amide bonds. The number of phenolic OH excluding ortho intramolecular Hbond substituents is 1. The maximum absolute atomic E-state index is 10.3. The molecule has 1 atom stereocenters. The summed E-state index contributed by atoms with van der Waals surface area (Å²) in [7, 11) is 0. The molecule has 0 saturated carbocycles. The highest BCUT2D eigenvalue weighted by Crippen LogP contribution is 2.32. The monoisotopic (exact) mass is 263 g/mol. The highest BCUT2D eigenvalue weighted by Gasteiger charge is 2.19. The van der Waals surface area contributed by atoms with E-state index in [4.69, 9.17) is 0 Å². The summed E-state index contributed by atoms with van der Waals surface area (Å²) in [5.41, 5.74) is 1.50. The van der Waals surface area contributed by atoms with Crippen LogP contribution in [0.3, 0.4) is 0 Å². The molecular weight excluding hydrogens is 238 g/mol. The van der Waals surface area contributed by atoms with Gasteiger partial charge in [-0.15, -0.1) is 0 Å². The molecule has 1 rings (SSSR count). The van der Waals surface area contributed by atoms with Crippen molar-refractivity contribution in [3.8, 4) is 5.75 Å². The molecule has 0 aliphatic heterocycles. The number of aliphatic hydroxyl groups excluding tert-OH is 1. The number of benzene rings is 1. The molecule has 3 heteroatoms. The summed E-state index contributed by atoms with van der Waals surface area (Å²) >= 11 is 0. The standard InChI is InChI=1S/C16H25NO2/c1-11(2)14(10-18)17-9-12-7-6-8-13(15(12)19)16(3,4)5/h6-9,11,14,18-19H,10H2,1-5H3/t14-/m1/s1. The number of phenols is 1. The van der Waals surface area contributed by atoms with Gasteiger partial charge in [0.1, 0.15) is 5.75 Å². The number of aromatic hydroxyl groups is 1. The predicted molar refractivity (Wildman–Crippen MR) is 80.1 cm³/mol. The third-order valence-corrected chi connectivity index (χ3v) is 3.24. The first-order valence-electron chi connectivity index (χ1n) is 6.74.